The van der Waals surface area contributed by atoms with Crippen molar-refractivity contribution in [2.45, 2.75) is 19.9 Å². The van der Waals surface area contributed by atoms with E-state index in [4.69, 9.17) is 0 Å². The number of rotatable bonds is 1. The molecular formula is C13H15N. The average Bonchev–Trinajstić information content (AvgIpc) is 2.19. The SMILES string of the molecule is CC1=CNC(c2cccc(C)c2)C=C1. The molecule has 1 unspecified atom stereocenters. The summed E-state index contributed by atoms with van der Waals surface area (Å²) < 4.78 is 0. The molecule has 1 aromatic rings. The number of hydrogen-bond donors (Lipinski definition) is 1. The molecule has 1 N–H and O–H groups in total. The molecule has 1 heterocycles. The van der Waals surface area contributed by atoms with Crippen molar-refractivity contribution in [3.63, 3.8) is 0 Å². The molecule has 2 rings (SSSR count). The monoisotopic (exact) mass is 185 g/mol. The van der Waals surface area contributed by atoms with Crippen LogP contribution in [-0.4, -0.2) is 0 Å². The van der Waals surface area contributed by atoms with E-state index in [1.54, 1.807) is 0 Å². The van der Waals surface area contributed by atoms with Gasteiger partial charge in [-0.3, -0.25) is 0 Å². The van der Waals surface area contributed by atoms with Gasteiger partial charge in [-0.2, -0.15) is 0 Å². The van der Waals surface area contributed by atoms with Crippen molar-refractivity contribution in [2.24, 2.45) is 0 Å². The highest BCUT2D eigenvalue weighted by molar-refractivity contribution is 5.32. The van der Waals surface area contributed by atoms with Gasteiger partial charge in [0, 0.05) is 6.20 Å². The van der Waals surface area contributed by atoms with Gasteiger partial charge in [-0.15, -0.1) is 0 Å². The lowest BCUT2D eigenvalue weighted by molar-refractivity contribution is 0.738. The van der Waals surface area contributed by atoms with Crippen LogP contribution in [0.15, 0.2) is 48.2 Å². The fraction of sp³-hybridized carbons (Fsp3) is 0.231. The summed E-state index contributed by atoms with van der Waals surface area (Å²) in [4.78, 5) is 0. The Kier molecular flexibility index (Phi) is 2.40. The topological polar surface area (TPSA) is 12.0 Å². The second kappa shape index (κ2) is 3.70. The molecule has 0 bridgehead atoms. The highest BCUT2D eigenvalue weighted by Gasteiger charge is 2.07. The molecule has 0 aromatic heterocycles. The van der Waals surface area contributed by atoms with Gasteiger partial charge in [0.15, 0.2) is 0 Å². The van der Waals surface area contributed by atoms with Crippen LogP contribution in [0.4, 0.5) is 0 Å². The second-order valence-corrected chi connectivity index (χ2v) is 3.81. The zero-order valence-electron chi connectivity index (χ0n) is 8.62. The summed E-state index contributed by atoms with van der Waals surface area (Å²) in [7, 11) is 0. The fourth-order valence-corrected chi connectivity index (χ4v) is 1.64. The number of aryl methyl sites for hydroxylation is 1. The van der Waals surface area contributed by atoms with Crippen molar-refractivity contribution in [1.29, 1.82) is 0 Å². The first-order valence-corrected chi connectivity index (χ1v) is 4.93. The normalized spacial score (nSPS) is 20.1. The highest BCUT2D eigenvalue weighted by atomic mass is 14.9. The maximum atomic E-state index is 3.36. The Bertz CT molecular complexity index is 388. The summed E-state index contributed by atoms with van der Waals surface area (Å²) in [6.07, 6.45) is 6.42. The first-order valence-electron chi connectivity index (χ1n) is 4.93. The van der Waals surface area contributed by atoms with Crippen LogP contribution in [-0.2, 0) is 0 Å². The molecule has 14 heavy (non-hydrogen) atoms. The maximum Gasteiger partial charge on any atom is 0.0696 e. The van der Waals surface area contributed by atoms with Crippen molar-refractivity contribution >= 4 is 0 Å². The molecule has 0 spiro atoms. The lowest BCUT2D eigenvalue weighted by Crippen LogP contribution is -2.16. The fourth-order valence-electron chi connectivity index (χ4n) is 1.64. The van der Waals surface area contributed by atoms with Crippen LogP contribution in [0.2, 0.25) is 0 Å². The minimum Gasteiger partial charge on any atom is -0.380 e. The molecule has 1 heteroatoms. The predicted molar refractivity (Wildman–Crippen MR) is 60.0 cm³/mol. The molecular weight excluding hydrogens is 170 g/mol. The average molecular weight is 185 g/mol. The number of benzene rings is 1. The third-order valence-electron chi connectivity index (χ3n) is 2.44. The van der Waals surface area contributed by atoms with Crippen LogP contribution in [0.25, 0.3) is 0 Å². The molecule has 1 atom stereocenters. The zero-order valence-corrected chi connectivity index (χ0v) is 8.62. The lowest BCUT2D eigenvalue weighted by Gasteiger charge is -2.18. The van der Waals surface area contributed by atoms with Gasteiger partial charge < -0.3 is 5.32 Å². The second-order valence-electron chi connectivity index (χ2n) is 3.81. The molecule has 1 aliphatic rings. The quantitative estimate of drug-likeness (QED) is 0.709. The molecule has 0 saturated carbocycles. The number of hydrogen-bond acceptors (Lipinski definition) is 1. The van der Waals surface area contributed by atoms with Gasteiger partial charge in [0.25, 0.3) is 0 Å². The molecule has 0 fully saturated rings. The molecule has 1 nitrogen and oxygen atoms in total. The van der Waals surface area contributed by atoms with E-state index in [9.17, 15) is 0 Å². The highest BCUT2D eigenvalue weighted by Crippen LogP contribution is 2.19. The summed E-state index contributed by atoms with van der Waals surface area (Å²) in [5.41, 5.74) is 3.91. The summed E-state index contributed by atoms with van der Waals surface area (Å²) in [6.45, 7) is 4.22. The Hall–Kier alpha value is -1.50. The Morgan fingerprint density at radius 2 is 2.07 bits per heavy atom. The van der Waals surface area contributed by atoms with E-state index in [1.807, 2.05) is 0 Å². The molecule has 72 valence electrons. The first kappa shape index (κ1) is 9.07. The molecule has 0 amide bonds. The van der Waals surface area contributed by atoms with E-state index < -0.39 is 0 Å². The smallest absolute Gasteiger partial charge is 0.0696 e. The predicted octanol–water partition coefficient (Wildman–Crippen LogP) is 3.10. The Labute approximate surface area is 85.2 Å². The van der Waals surface area contributed by atoms with Crippen LogP contribution in [0, 0.1) is 6.92 Å². The van der Waals surface area contributed by atoms with Crippen LogP contribution in [0.5, 0.6) is 0 Å². The van der Waals surface area contributed by atoms with Crippen LogP contribution in [0.3, 0.4) is 0 Å². The lowest BCUT2D eigenvalue weighted by atomic mass is 10.0. The molecule has 0 saturated heterocycles. The van der Waals surface area contributed by atoms with Gasteiger partial charge in [0.2, 0.25) is 0 Å². The summed E-state index contributed by atoms with van der Waals surface area (Å²) >= 11 is 0. The maximum absolute atomic E-state index is 3.36. The number of nitrogens with one attached hydrogen (secondary N) is 1. The van der Waals surface area contributed by atoms with Gasteiger partial charge in [0.05, 0.1) is 6.04 Å². The number of allylic oxidation sites excluding steroid dienone is 2. The van der Waals surface area contributed by atoms with E-state index in [1.165, 1.54) is 16.7 Å². The van der Waals surface area contributed by atoms with E-state index in [2.05, 4.69) is 61.8 Å². The third-order valence-corrected chi connectivity index (χ3v) is 2.44. The van der Waals surface area contributed by atoms with Crippen LogP contribution in [0.1, 0.15) is 24.1 Å². The summed E-state index contributed by atoms with van der Waals surface area (Å²) in [6, 6.07) is 8.93. The minimum atomic E-state index is 0.332. The van der Waals surface area contributed by atoms with Crippen molar-refractivity contribution in [1.82, 2.24) is 5.32 Å². The van der Waals surface area contributed by atoms with Crippen molar-refractivity contribution < 1.29 is 0 Å². The number of dihydropyridines is 1. The summed E-state index contributed by atoms with van der Waals surface area (Å²) in [5.74, 6) is 0. The molecule has 1 aliphatic heterocycles. The largest absolute Gasteiger partial charge is 0.380 e. The van der Waals surface area contributed by atoms with E-state index in [-0.39, 0.29) is 0 Å². The van der Waals surface area contributed by atoms with Gasteiger partial charge in [-0.1, -0.05) is 42.0 Å². The van der Waals surface area contributed by atoms with E-state index in [0.29, 0.717) is 6.04 Å². The van der Waals surface area contributed by atoms with E-state index in [0.717, 1.165) is 0 Å². The molecule has 0 radical (unpaired) electrons. The zero-order chi connectivity index (χ0) is 9.97. The van der Waals surface area contributed by atoms with Crippen LogP contribution < -0.4 is 5.32 Å². The Morgan fingerprint density at radius 1 is 1.21 bits per heavy atom. The van der Waals surface area contributed by atoms with Crippen LogP contribution >= 0.6 is 0 Å². The van der Waals surface area contributed by atoms with Crippen molar-refractivity contribution in [3.8, 4) is 0 Å². The summed E-state index contributed by atoms with van der Waals surface area (Å²) in [5, 5.41) is 3.36. The van der Waals surface area contributed by atoms with Gasteiger partial charge in [0.1, 0.15) is 0 Å². The molecule has 0 aliphatic carbocycles. The van der Waals surface area contributed by atoms with Gasteiger partial charge in [-0.25, -0.2) is 0 Å². The Morgan fingerprint density at radius 3 is 2.71 bits per heavy atom. The Balaban J connectivity index is 2.22. The standard InChI is InChI=1S/C13H15N/c1-10-4-3-5-12(8-10)13-7-6-11(2)9-14-13/h3-9,13-14H,1-2H3. The van der Waals surface area contributed by atoms with Crippen molar-refractivity contribution in [3.05, 3.63) is 59.3 Å². The van der Waals surface area contributed by atoms with Gasteiger partial charge in [-0.05, 0) is 25.0 Å². The third kappa shape index (κ3) is 1.87. The minimum absolute atomic E-state index is 0.332. The van der Waals surface area contributed by atoms with Gasteiger partial charge >= 0.3 is 0 Å². The van der Waals surface area contributed by atoms with E-state index >= 15 is 0 Å². The van der Waals surface area contributed by atoms with Crippen molar-refractivity contribution in [2.75, 3.05) is 0 Å². The molecule has 1 aromatic carbocycles. The first-order chi connectivity index (χ1) is 6.75.